The molecule has 3 aliphatic rings. The van der Waals surface area contributed by atoms with E-state index in [0.29, 0.717) is 12.7 Å². The zero-order valence-electron chi connectivity index (χ0n) is 8.75. The molecular weight excluding hydrogens is 192 g/mol. The summed E-state index contributed by atoms with van der Waals surface area (Å²) in [5.41, 5.74) is 0.856. The predicted molar refractivity (Wildman–Crippen MR) is 54.9 cm³/mol. The first-order chi connectivity index (χ1) is 7.22. The highest BCUT2D eigenvalue weighted by Crippen LogP contribution is 2.50. The Morgan fingerprint density at radius 2 is 2.47 bits per heavy atom. The Kier molecular flexibility index (Phi) is 1.77. The van der Waals surface area contributed by atoms with E-state index >= 15 is 0 Å². The Balaban J connectivity index is 2.04. The smallest absolute Gasteiger partial charge is 0.251 e. The molecule has 0 unspecified atom stereocenters. The minimum absolute atomic E-state index is 0.0228. The lowest BCUT2D eigenvalue weighted by atomic mass is 9.69. The lowest BCUT2D eigenvalue weighted by Crippen LogP contribution is -2.40. The van der Waals surface area contributed by atoms with Crippen LogP contribution in [0.4, 0.5) is 0 Å². The van der Waals surface area contributed by atoms with Crippen molar-refractivity contribution in [3.63, 3.8) is 0 Å². The zero-order valence-corrected chi connectivity index (χ0v) is 8.75. The first kappa shape index (κ1) is 9.09. The summed E-state index contributed by atoms with van der Waals surface area (Å²) >= 11 is 0. The zero-order chi connectivity index (χ0) is 10.5. The van der Waals surface area contributed by atoms with Crippen molar-refractivity contribution in [2.75, 3.05) is 6.61 Å². The summed E-state index contributed by atoms with van der Waals surface area (Å²) in [6.45, 7) is 2.73. The van der Waals surface area contributed by atoms with E-state index in [1.54, 1.807) is 6.07 Å². The van der Waals surface area contributed by atoms with Crippen LogP contribution >= 0.6 is 0 Å². The monoisotopic (exact) mass is 206 g/mol. The van der Waals surface area contributed by atoms with Gasteiger partial charge in [0.15, 0.2) is 0 Å². The molecule has 2 saturated heterocycles. The van der Waals surface area contributed by atoms with E-state index in [2.05, 4.69) is 9.97 Å². The van der Waals surface area contributed by atoms with Crippen molar-refractivity contribution >= 4 is 0 Å². The van der Waals surface area contributed by atoms with Crippen LogP contribution in [-0.2, 0) is 16.6 Å². The summed E-state index contributed by atoms with van der Waals surface area (Å²) in [5, 5.41) is 0. The number of rotatable bonds is 2. The van der Waals surface area contributed by atoms with Gasteiger partial charge in [0.1, 0.15) is 5.82 Å². The highest BCUT2D eigenvalue weighted by atomic mass is 16.5. The quantitative estimate of drug-likeness (QED) is 0.777. The molecule has 4 heteroatoms. The third kappa shape index (κ3) is 1.24. The molecule has 3 heterocycles. The molecule has 2 bridgehead atoms. The average molecular weight is 206 g/mol. The Bertz CT molecular complexity index is 441. The SMILES string of the molecule is CCc1cc(=O)[nH]c(C23COC(C2)C3)n1. The van der Waals surface area contributed by atoms with Gasteiger partial charge in [-0.3, -0.25) is 4.79 Å². The average Bonchev–Trinajstić information content (AvgIpc) is 2.75. The van der Waals surface area contributed by atoms with Crippen LogP contribution in [0, 0.1) is 0 Å². The van der Waals surface area contributed by atoms with Gasteiger partial charge in [-0.15, -0.1) is 0 Å². The molecule has 0 radical (unpaired) electrons. The maximum Gasteiger partial charge on any atom is 0.251 e. The summed E-state index contributed by atoms with van der Waals surface area (Å²) in [5.74, 6) is 0.834. The number of ether oxygens (including phenoxy) is 1. The standard InChI is InChI=1S/C11H14N2O2/c1-2-7-3-9(14)13-10(12-7)11-4-8(5-11)15-6-11/h3,8H,2,4-6H2,1H3,(H,12,13,14). The topological polar surface area (TPSA) is 55.0 Å². The third-order valence-electron chi connectivity index (χ3n) is 3.49. The van der Waals surface area contributed by atoms with Crippen LogP contribution in [0.1, 0.15) is 31.3 Å². The summed E-state index contributed by atoms with van der Waals surface area (Å²) < 4.78 is 5.54. The molecule has 4 nitrogen and oxygen atoms in total. The van der Waals surface area contributed by atoms with E-state index in [1.807, 2.05) is 6.92 Å². The van der Waals surface area contributed by atoms with Gasteiger partial charge in [0.25, 0.3) is 5.56 Å². The van der Waals surface area contributed by atoms with Crippen LogP contribution in [0.2, 0.25) is 0 Å². The van der Waals surface area contributed by atoms with Crippen molar-refractivity contribution in [2.45, 2.75) is 37.7 Å². The maximum absolute atomic E-state index is 11.4. The van der Waals surface area contributed by atoms with Gasteiger partial charge in [-0.25, -0.2) is 4.98 Å². The Morgan fingerprint density at radius 3 is 3.07 bits per heavy atom. The molecule has 0 spiro atoms. The van der Waals surface area contributed by atoms with Crippen molar-refractivity contribution < 1.29 is 4.74 Å². The second-order valence-electron chi connectivity index (χ2n) is 4.56. The van der Waals surface area contributed by atoms with Crippen molar-refractivity contribution in [1.82, 2.24) is 9.97 Å². The molecule has 1 aromatic rings. The molecule has 3 fully saturated rings. The molecule has 2 aliphatic heterocycles. The molecule has 1 aliphatic carbocycles. The fraction of sp³-hybridized carbons (Fsp3) is 0.636. The van der Waals surface area contributed by atoms with Gasteiger partial charge in [0.05, 0.1) is 18.1 Å². The van der Waals surface area contributed by atoms with Crippen LogP contribution in [0.25, 0.3) is 0 Å². The number of hydrogen-bond donors (Lipinski definition) is 1. The van der Waals surface area contributed by atoms with Crippen LogP contribution in [0.3, 0.4) is 0 Å². The number of aryl methyl sites for hydroxylation is 1. The number of nitrogens with one attached hydrogen (secondary N) is 1. The molecule has 1 aromatic heterocycles. The molecule has 15 heavy (non-hydrogen) atoms. The van der Waals surface area contributed by atoms with Crippen molar-refractivity contribution in [3.05, 3.63) is 27.9 Å². The van der Waals surface area contributed by atoms with Gasteiger partial charge in [-0.05, 0) is 19.3 Å². The molecule has 80 valence electrons. The Hall–Kier alpha value is -1.16. The van der Waals surface area contributed by atoms with E-state index in [1.165, 1.54) is 0 Å². The lowest BCUT2D eigenvalue weighted by Gasteiger charge is -2.34. The van der Waals surface area contributed by atoms with Crippen LogP contribution in [-0.4, -0.2) is 22.7 Å². The number of fused-ring (bicyclic) bond motifs is 1. The normalized spacial score (nSPS) is 32.7. The minimum Gasteiger partial charge on any atom is -0.377 e. The van der Waals surface area contributed by atoms with Gasteiger partial charge in [-0.1, -0.05) is 6.92 Å². The first-order valence-corrected chi connectivity index (χ1v) is 5.44. The number of aromatic amines is 1. The highest BCUT2D eigenvalue weighted by molar-refractivity contribution is 5.21. The summed E-state index contributed by atoms with van der Waals surface area (Å²) in [6, 6.07) is 1.58. The van der Waals surface area contributed by atoms with E-state index in [9.17, 15) is 4.79 Å². The second-order valence-corrected chi connectivity index (χ2v) is 4.56. The fourth-order valence-electron chi connectivity index (χ4n) is 2.53. The molecule has 1 saturated carbocycles. The highest BCUT2D eigenvalue weighted by Gasteiger charge is 2.54. The van der Waals surface area contributed by atoms with Gasteiger partial charge < -0.3 is 9.72 Å². The Labute approximate surface area is 87.7 Å². The van der Waals surface area contributed by atoms with Crippen LogP contribution in [0.15, 0.2) is 10.9 Å². The Morgan fingerprint density at radius 1 is 1.67 bits per heavy atom. The van der Waals surface area contributed by atoms with Crippen molar-refractivity contribution in [1.29, 1.82) is 0 Å². The maximum atomic E-state index is 11.4. The fourth-order valence-corrected chi connectivity index (χ4v) is 2.53. The first-order valence-electron chi connectivity index (χ1n) is 5.44. The van der Waals surface area contributed by atoms with Crippen molar-refractivity contribution in [3.8, 4) is 0 Å². The van der Waals surface area contributed by atoms with Gasteiger partial charge in [0, 0.05) is 11.8 Å². The molecule has 0 aromatic carbocycles. The summed E-state index contributed by atoms with van der Waals surface area (Å²) in [6.07, 6.45) is 3.24. The summed E-state index contributed by atoms with van der Waals surface area (Å²) in [4.78, 5) is 18.8. The number of H-pyrrole nitrogens is 1. The van der Waals surface area contributed by atoms with E-state index in [0.717, 1.165) is 30.8 Å². The second kappa shape index (κ2) is 2.92. The van der Waals surface area contributed by atoms with Crippen molar-refractivity contribution in [2.24, 2.45) is 0 Å². The molecule has 1 N–H and O–H groups in total. The van der Waals surface area contributed by atoms with Crippen LogP contribution < -0.4 is 5.56 Å². The van der Waals surface area contributed by atoms with Gasteiger partial charge in [0.2, 0.25) is 0 Å². The van der Waals surface area contributed by atoms with Crippen LogP contribution in [0.5, 0.6) is 0 Å². The summed E-state index contributed by atoms with van der Waals surface area (Å²) in [7, 11) is 0. The largest absolute Gasteiger partial charge is 0.377 e. The van der Waals surface area contributed by atoms with E-state index in [4.69, 9.17) is 4.74 Å². The van der Waals surface area contributed by atoms with Gasteiger partial charge in [-0.2, -0.15) is 0 Å². The third-order valence-corrected chi connectivity index (χ3v) is 3.49. The minimum atomic E-state index is -0.0402. The van der Waals surface area contributed by atoms with Gasteiger partial charge >= 0.3 is 0 Å². The van der Waals surface area contributed by atoms with E-state index < -0.39 is 0 Å². The number of hydrogen-bond acceptors (Lipinski definition) is 3. The lowest BCUT2D eigenvalue weighted by molar-refractivity contribution is 0.122. The molecular formula is C11H14N2O2. The van der Waals surface area contributed by atoms with E-state index in [-0.39, 0.29) is 11.0 Å². The number of aromatic nitrogens is 2. The molecule has 0 amide bonds. The number of nitrogens with zero attached hydrogens (tertiary/aromatic N) is 1. The molecule has 4 rings (SSSR count). The predicted octanol–water partition coefficient (Wildman–Crippen LogP) is 0.763. The molecule has 0 atom stereocenters.